The number of hydrogen-bond donors (Lipinski definition) is 1. The lowest BCUT2D eigenvalue weighted by atomic mass is 10.0. The molecule has 1 saturated carbocycles. The maximum absolute atomic E-state index is 13.6. The lowest BCUT2D eigenvalue weighted by molar-refractivity contribution is -0.135. The normalized spacial score (nSPS) is 21.9. The van der Waals surface area contributed by atoms with Crippen LogP contribution in [0.25, 0.3) is 11.4 Å². The summed E-state index contributed by atoms with van der Waals surface area (Å²) >= 11 is 0. The molecule has 2 unspecified atom stereocenters. The number of rotatable bonds is 9. The number of carbonyl (C=O) groups is 3. The van der Waals surface area contributed by atoms with Gasteiger partial charge in [0.25, 0.3) is 5.91 Å². The number of amides is 3. The second-order valence-electron chi connectivity index (χ2n) is 11.7. The fraction of sp³-hybridized carbons (Fsp3) is 0.548. The summed E-state index contributed by atoms with van der Waals surface area (Å²) in [7, 11) is 0. The fourth-order valence-electron chi connectivity index (χ4n) is 5.76. The largest absolute Gasteiger partial charge is 0.449 e. The zero-order valence-corrected chi connectivity index (χ0v) is 24.5. The molecular weight excluding hydrogens is 534 g/mol. The lowest BCUT2D eigenvalue weighted by Crippen LogP contribution is -2.57. The van der Waals surface area contributed by atoms with Gasteiger partial charge in [-0.15, -0.1) is 0 Å². The number of nitrogens with zero attached hydrogens (tertiary/aromatic N) is 6. The second-order valence-corrected chi connectivity index (χ2v) is 11.7. The van der Waals surface area contributed by atoms with Gasteiger partial charge in [-0.3, -0.25) is 9.59 Å². The quantitative estimate of drug-likeness (QED) is 0.453. The molecule has 5 rings (SSSR count). The molecule has 222 valence electrons. The smallest absolute Gasteiger partial charge is 0.409 e. The number of fused-ring (bicyclic) bond motifs is 1. The first-order valence-electron chi connectivity index (χ1n) is 14.9. The third-order valence-corrected chi connectivity index (χ3v) is 8.44. The fourth-order valence-corrected chi connectivity index (χ4v) is 5.76. The Hall–Kier alpha value is -4.20. The summed E-state index contributed by atoms with van der Waals surface area (Å²) in [5, 5.41) is 12.3. The number of piperazine rings is 1. The van der Waals surface area contributed by atoms with Crippen molar-refractivity contribution in [1.82, 2.24) is 25.1 Å². The van der Waals surface area contributed by atoms with Crippen molar-refractivity contribution >= 4 is 23.7 Å². The highest BCUT2D eigenvalue weighted by Gasteiger charge is 2.56. The molecule has 42 heavy (non-hydrogen) atoms. The number of hydrogen-bond acceptors (Lipinski definition) is 8. The van der Waals surface area contributed by atoms with Gasteiger partial charge in [-0.2, -0.15) is 5.26 Å². The molecule has 11 heteroatoms. The molecule has 3 aliphatic rings. The monoisotopic (exact) mass is 573 g/mol. The van der Waals surface area contributed by atoms with Gasteiger partial charge in [-0.05, 0) is 24.2 Å². The summed E-state index contributed by atoms with van der Waals surface area (Å²) < 4.78 is 5.31. The number of nitriles is 1. The van der Waals surface area contributed by atoms with Gasteiger partial charge in [0.05, 0.1) is 18.6 Å². The minimum Gasteiger partial charge on any atom is -0.449 e. The van der Waals surface area contributed by atoms with E-state index in [0.717, 1.165) is 31.5 Å². The summed E-state index contributed by atoms with van der Waals surface area (Å²) in [5.41, 5.74) is 0.976. The molecule has 11 nitrogen and oxygen atoms in total. The molecule has 0 radical (unpaired) electrons. The van der Waals surface area contributed by atoms with E-state index in [2.05, 4.69) is 21.3 Å². The average molecular weight is 574 g/mol. The van der Waals surface area contributed by atoms with E-state index in [0.29, 0.717) is 56.3 Å². The Morgan fingerprint density at radius 1 is 1.05 bits per heavy atom. The minimum atomic E-state index is -0.755. The summed E-state index contributed by atoms with van der Waals surface area (Å²) in [6.07, 6.45) is 1.42. The molecular formula is C31H39N7O4. The number of benzene rings is 1. The molecule has 3 heterocycles. The minimum absolute atomic E-state index is 0.103. The number of ether oxygens (including phenoxy) is 1. The highest BCUT2D eigenvalue weighted by atomic mass is 16.6. The number of carbonyl (C=O) groups excluding carboxylic acids is 3. The molecule has 2 aromatic rings. The van der Waals surface area contributed by atoms with Gasteiger partial charge >= 0.3 is 6.09 Å². The van der Waals surface area contributed by atoms with E-state index in [4.69, 9.17) is 9.72 Å². The van der Waals surface area contributed by atoms with E-state index in [-0.39, 0.29) is 29.5 Å². The average Bonchev–Trinajstić information content (AvgIpc) is 3.49. The van der Waals surface area contributed by atoms with Crippen LogP contribution in [0.15, 0.2) is 36.4 Å². The number of piperidine rings is 1. The number of aromatic nitrogens is 2. The van der Waals surface area contributed by atoms with E-state index < -0.39 is 11.9 Å². The van der Waals surface area contributed by atoms with Gasteiger partial charge in [-0.1, -0.05) is 57.5 Å². The first kappa shape index (κ1) is 29.3. The summed E-state index contributed by atoms with van der Waals surface area (Å²) in [6.45, 7) is 9.18. The number of nitrogens with one attached hydrogen (secondary N) is 1. The lowest BCUT2D eigenvalue weighted by Gasteiger charge is -2.36. The maximum atomic E-state index is 13.6. The van der Waals surface area contributed by atoms with Gasteiger partial charge in [-0.25, -0.2) is 14.8 Å². The van der Waals surface area contributed by atoms with Crippen LogP contribution in [0.3, 0.4) is 0 Å². The van der Waals surface area contributed by atoms with Crippen molar-refractivity contribution in [3.63, 3.8) is 0 Å². The Balaban J connectivity index is 1.28. The molecule has 3 amide bonds. The molecule has 3 fully saturated rings. The summed E-state index contributed by atoms with van der Waals surface area (Å²) in [4.78, 5) is 54.3. The van der Waals surface area contributed by atoms with Crippen molar-refractivity contribution in [3.05, 3.63) is 42.1 Å². The predicted molar refractivity (Wildman–Crippen MR) is 156 cm³/mol. The zero-order chi connectivity index (χ0) is 29.8. The van der Waals surface area contributed by atoms with Gasteiger partial charge in [0, 0.05) is 50.9 Å². The van der Waals surface area contributed by atoms with E-state index in [9.17, 15) is 19.6 Å². The molecule has 1 aromatic heterocycles. The Morgan fingerprint density at radius 2 is 1.71 bits per heavy atom. The molecule has 1 aliphatic carbocycles. The zero-order valence-electron chi connectivity index (χ0n) is 24.5. The van der Waals surface area contributed by atoms with E-state index >= 15 is 0 Å². The van der Waals surface area contributed by atoms with Crippen LogP contribution in [0, 0.1) is 35.0 Å². The van der Waals surface area contributed by atoms with Crippen LogP contribution < -0.4 is 10.2 Å². The van der Waals surface area contributed by atoms with Crippen molar-refractivity contribution in [2.75, 3.05) is 50.8 Å². The van der Waals surface area contributed by atoms with Gasteiger partial charge in [0.15, 0.2) is 5.82 Å². The molecule has 1 N–H and O–H groups in total. The second kappa shape index (κ2) is 12.8. The van der Waals surface area contributed by atoms with Gasteiger partial charge in [0.1, 0.15) is 17.6 Å². The molecule has 4 atom stereocenters. The Labute approximate surface area is 246 Å². The topological polar surface area (TPSA) is 132 Å². The Morgan fingerprint density at radius 3 is 2.33 bits per heavy atom. The molecule has 2 aliphatic heterocycles. The SMILES string of the molecule is CCCCOC(=O)N1CCN(C(=O)[C@@H](NC(=O)c2cc(N3CC4C(C#N)[C@H]4C3)nc(-c3ccccc3)n2)C(C)C)CC1. The molecule has 2 saturated heterocycles. The van der Waals surface area contributed by atoms with E-state index in [1.807, 2.05) is 51.1 Å². The highest BCUT2D eigenvalue weighted by molar-refractivity contribution is 5.97. The maximum Gasteiger partial charge on any atom is 0.409 e. The van der Waals surface area contributed by atoms with Crippen molar-refractivity contribution in [3.8, 4) is 17.5 Å². The van der Waals surface area contributed by atoms with E-state index in [1.165, 1.54) is 0 Å². The molecule has 0 spiro atoms. The van der Waals surface area contributed by atoms with Gasteiger partial charge in [0.2, 0.25) is 5.91 Å². The third-order valence-electron chi connectivity index (χ3n) is 8.44. The van der Waals surface area contributed by atoms with Crippen LogP contribution in [-0.2, 0) is 9.53 Å². The van der Waals surface area contributed by atoms with Crippen LogP contribution in [0.2, 0.25) is 0 Å². The van der Waals surface area contributed by atoms with Crippen LogP contribution in [0.1, 0.15) is 44.1 Å². The number of anilines is 1. The Kier molecular flexibility index (Phi) is 8.90. The van der Waals surface area contributed by atoms with Crippen molar-refractivity contribution in [2.45, 2.75) is 39.7 Å². The van der Waals surface area contributed by atoms with E-state index in [1.54, 1.807) is 15.9 Å². The predicted octanol–water partition coefficient (Wildman–Crippen LogP) is 3.18. The van der Waals surface area contributed by atoms with Crippen LogP contribution in [0.5, 0.6) is 0 Å². The third kappa shape index (κ3) is 6.32. The van der Waals surface area contributed by atoms with Crippen molar-refractivity contribution < 1.29 is 19.1 Å². The molecule has 1 aromatic carbocycles. The van der Waals surface area contributed by atoms with Crippen LogP contribution >= 0.6 is 0 Å². The Bertz CT molecular complexity index is 1320. The van der Waals surface area contributed by atoms with Crippen LogP contribution in [-0.4, -0.2) is 89.6 Å². The number of unbranched alkanes of at least 4 members (excludes halogenated alkanes) is 1. The van der Waals surface area contributed by atoms with Crippen LogP contribution in [0.4, 0.5) is 10.6 Å². The van der Waals surface area contributed by atoms with Gasteiger partial charge < -0.3 is 24.8 Å². The highest BCUT2D eigenvalue weighted by Crippen LogP contribution is 2.51. The van der Waals surface area contributed by atoms with Crippen molar-refractivity contribution in [2.24, 2.45) is 23.7 Å². The summed E-state index contributed by atoms with van der Waals surface area (Å²) in [6, 6.07) is 12.8. The standard InChI is InChI=1S/C31H39N7O4/c1-4-5-15-42-31(41)37-13-11-36(12-14-37)30(40)27(20(2)3)35-29(39)25-16-26(38-18-23-22(17-32)24(23)19-38)34-28(33-25)21-9-7-6-8-10-21/h6-10,16,20,22-24,27H,4-5,11-15,18-19H2,1-3H3,(H,35,39)/t22?,23-,24?,27+/m1/s1. The summed E-state index contributed by atoms with van der Waals surface area (Å²) in [5.74, 6) is 1.07. The molecule has 0 bridgehead atoms. The van der Waals surface area contributed by atoms with Crippen molar-refractivity contribution in [1.29, 1.82) is 5.26 Å². The first-order valence-corrected chi connectivity index (χ1v) is 14.9. The first-order chi connectivity index (χ1) is 20.3.